The number of carboxylic acid groups (broad SMARTS) is 1. The third kappa shape index (κ3) is 11.1. The number of benzene rings is 6. The topological polar surface area (TPSA) is 198 Å². The van der Waals surface area contributed by atoms with Gasteiger partial charge in [0.05, 0.1) is 39.2 Å². The summed E-state index contributed by atoms with van der Waals surface area (Å²) >= 11 is 12.8. The van der Waals surface area contributed by atoms with E-state index in [2.05, 4.69) is 35.3 Å². The van der Waals surface area contributed by atoms with Crippen molar-refractivity contribution in [2.45, 2.75) is 27.7 Å². The standard InChI is InChI=1S/C25H22ClN3O4.C24H20ClN3O4/c1-14-4-6-17(10-15(14)2)27-25(31)16-5-9-21-22(11-16)29-24(28-21)19-8-7-18(12-20(19)26)33-13-23(30)32-3;1-13-3-5-16(9-14(13)2)26-24(31)15-4-8-20-21(10-15)28-23(27-20)18-7-6-17(11-19(18)25)32-12-22(29)30/h4-12H,13H2,1-3H3,(H,27,31)(H,28,29);3-11H,12H2,1-2H3,(H,26,31)(H,27,28)(H,29,30). The number of imidazole rings is 2. The molecule has 65 heavy (non-hydrogen) atoms. The molecule has 8 aromatic rings. The maximum absolute atomic E-state index is 12.7. The van der Waals surface area contributed by atoms with Crippen LogP contribution in [0.2, 0.25) is 10.0 Å². The second-order valence-corrected chi connectivity index (χ2v) is 15.8. The molecule has 0 saturated carbocycles. The number of esters is 1. The maximum Gasteiger partial charge on any atom is 0.343 e. The fourth-order valence-electron chi connectivity index (χ4n) is 6.50. The Hall–Kier alpha value is -7.68. The number of nitrogens with zero attached hydrogens (tertiary/aromatic N) is 2. The summed E-state index contributed by atoms with van der Waals surface area (Å²) in [6.45, 7) is 7.40. The predicted octanol–water partition coefficient (Wildman–Crippen LogP) is 10.5. The minimum atomic E-state index is -1.07. The Bertz CT molecular complexity index is 3130. The lowest BCUT2D eigenvalue weighted by molar-refractivity contribution is -0.143. The molecule has 0 spiro atoms. The zero-order valence-corrected chi connectivity index (χ0v) is 37.3. The second kappa shape index (κ2) is 19.8. The molecule has 0 radical (unpaired) electrons. The third-order valence-electron chi connectivity index (χ3n) is 10.4. The number of aliphatic carboxylic acids is 1. The first-order chi connectivity index (χ1) is 31.1. The highest BCUT2D eigenvalue weighted by Gasteiger charge is 2.16. The number of carbonyl (C=O) groups excluding carboxylic acids is 3. The lowest BCUT2D eigenvalue weighted by Gasteiger charge is -2.07. The lowest BCUT2D eigenvalue weighted by atomic mass is 10.1. The van der Waals surface area contributed by atoms with Gasteiger partial charge in [-0.15, -0.1) is 0 Å². The van der Waals surface area contributed by atoms with Crippen LogP contribution in [0.25, 0.3) is 44.8 Å². The lowest BCUT2D eigenvalue weighted by Crippen LogP contribution is -2.12. The molecule has 0 aliphatic carbocycles. The summed E-state index contributed by atoms with van der Waals surface area (Å²) in [7, 11) is 1.29. The summed E-state index contributed by atoms with van der Waals surface area (Å²) < 4.78 is 15.1. The minimum absolute atomic E-state index is 0.205. The molecule has 0 unspecified atom stereocenters. The molecular formula is C49H42Cl2N6O8. The van der Waals surface area contributed by atoms with Crippen molar-refractivity contribution >= 4 is 80.4 Å². The van der Waals surface area contributed by atoms with E-state index in [1.807, 2.05) is 64.1 Å². The molecule has 0 atom stereocenters. The van der Waals surface area contributed by atoms with Crippen molar-refractivity contribution in [3.8, 4) is 34.3 Å². The zero-order valence-electron chi connectivity index (χ0n) is 35.8. The van der Waals surface area contributed by atoms with Gasteiger partial charge in [-0.1, -0.05) is 35.3 Å². The van der Waals surface area contributed by atoms with Gasteiger partial charge < -0.3 is 39.9 Å². The van der Waals surface area contributed by atoms with Crippen LogP contribution in [0.15, 0.2) is 109 Å². The SMILES string of the molecule is COC(=O)COc1ccc(-c2nc3ccc(C(=O)Nc4ccc(C)c(C)c4)cc3[nH]2)c(Cl)c1.Cc1ccc(NC(=O)c2ccc3nc(-c4ccc(OCC(=O)O)cc4Cl)[nH]c3c2)cc1C. The summed E-state index contributed by atoms with van der Waals surface area (Å²) in [5.74, 6) is -0.101. The number of fused-ring (bicyclic) bond motifs is 2. The summed E-state index contributed by atoms with van der Waals surface area (Å²) in [6, 6.07) is 32.0. The molecule has 330 valence electrons. The Labute approximate surface area is 382 Å². The first-order valence-electron chi connectivity index (χ1n) is 20.0. The van der Waals surface area contributed by atoms with Gasteiger partial charge in [-0.3, -0.25) is 9.59 Å². The number of hydrogen-bond donors (Lipinski definition) is 5. The van der Waals surface area contributed by atoms with Gasteiger partial charge in [-0.25, -0.2) is 19.6 Å². The fourth-order valence-corrected chi connectivity index (χ4v) is 7.02. The van der Waals surface area contributed by atoms with Crippen molar-refractivity contribution in [1.29, 1.82) is 0 Å². The summed E-state index contributed by atoms with van der Waals surface area (Å²) in [5.41, 5.74) is 11.1. The van der Waals surface area contributed by atoms with Gasteiger partial charge in [0.2, 0.25) is 0 Å². The Balaban J connectivity index is 0.000000194. The van der Waals surface area contributed by atoms with Crippen LogP contribution in [0.3, 0.4) is 0 Å². The monoisotopic (exact) mass is 912 g/mol. The Kier molecular flexibility index (Phi) is 13.8. The van der Waals surface area contributed by atoms with Crippen LogP contribution < -0.4 is 20.1 Å². The highest BCUT2D eigenvalue weighted by atomic mass is 35.5. The van der Waals surface area contributed by atoms with Crippen LogP contribution in [0, 0.1) is 27.7 Å². The van der Waals surface area contributed by atoms with E-state index >= 15 is 0 Å². The molecule has 8 rings (SSSR count). The van der Waals surface area contributed by atoms with Crippen LogP contribution in [-0.2, 0) is 14.3 Å². The van der Waals surface area contributed by atoms with E-state index in [4.69, 9.17) is 37.8 Å². The first kappa shape index (κ1) is 45.3. The second-order valence-electron chi connectivity index (χ2n) is 15.0. The van der Waals surface area contributed by atoms with E-state index in [1.165, 1.54) is 18.7 Å². The van der Waals surface area contributed by atoms with Crippen molar-refractivity contribution < 1.29 is 38.5 Å². The quantitative estimate of drug-likeness (QED) is 0.0735. The summed E-state index contributed by atoms with van der Waals surface area (Å²) in [6.07, 6.45) is 0. The number of nitrogens with one attached hydrogen (secondary N) is 4. The number of aryl methyl sites for hydroxylation is 4. The van der Waals surface area contributed by atoms with Crippen molar-refractivity contribution in [1.82, 2.24) is 19.9 Å². The number of anilines is 2. The molecule has 0 saturated heterocycles. The normalized spacial score (nSPS) is 10.8. The number of H-pyrrole nitrogens is 2. The molecule has 2 heterocycles. The van der Waals surface area contributed by atoms with E-state index in [1.54, 1.807) is 66.7 Å². The van der Waals surface area contributed by atoms with E-state index in [9.17, 15) is 19.2 Å². The third-order valence-corrected chi connectivity index (χ3v) is 11.0. The van der Waals surface area contributed by atoms with Crippen LogP contribution in [0.5, 0.6) is 11.5 Å². The molecule has 0 bridgehead atoms. The average molecular weight is 914 g/mol. The summed E-state index contributed by atoms with van der Waals surface area (Å²) in [4.78, 5) is 62.9. The molecule has 0 aliphatic rings. The molecule has 16 heteroatoms. The number of rotatable bonds is 12. The van der Waals surface area contributed by atoms with Crippen molar-refractivity contribution in [3.63, 3.8) is 0 Å². The van der Waals surface area contributed by atoms with Gasteiger partial charge in [0.25, 0.3) is 11.8 Å². The molecule has 5 N–H and O–H groups in total. The number of aromatic nitrogens is 4. The van der Waals surface area contributed by atoms with E-state index in [0.29, 0.717) is 77.5 Å². The minimum Gasteiger partial charge on any atom is -0.482 e. The van der Waals surface area contributed by atoms with Crippen LogP contribution in [-0.4, -0.2) is 69.1 Å². The average Bonchev–Trinajstić information content (AvgIpc) is 3.91. The van der Waals surface area contributed by atoms with Gasteiger partial charge in [0.15, 0.2) is 13.2 Å². The van der Waals surface area contributed by atoms with Crippen molar-refractivity contribution in [2.75, 3.05) is 31.0 Å². The Morgan fingerprint density at radius 2 is 1.02 bits per heavy atom. The van der Waals surface area contributed by atoms with Gasteiger partial charge in [0.1, 0.15) is 23.1 Å². The van der Waals surface area contributed by atoms with Gasteiger partial charge in [0, 0.05) is 33.6 Å². The van der Waals surface area contributed by atoms with Crippen LogP contribution in [0.1, 0.15) is 43.0 Å². The number of aromatic amines is 2. The van der Waals surface area contributed by atoms with E-state index < -0.39 is 18.5 Å². The zero-order chi connectivity index (χ0) is 46.4. The molecule has 2 aromatic heterocycles. The molecular weight excluding hydrogens is 871 g/mol. The number of halogens is 2. The number of carboxylic acids is 1. The largest absolute Gasteiger partial charge is 0.482 e. The Morgan fingerprint density at radius 1 is 0.569 bits per heavy atom. The van der Waals surface area contributed by atoms with Crippen molar-refractivity contribution in [3.05, 3.63) is 153 Å². The van der Waals surface area contributed by atoms with Crippen LogP contribution in [0.4, 0.5) is 11.4 Å². The highest BCUT2D eigenvalue weighted by molar-refractivity contribution is 6.33. The van der Waals surface area contributed by atoms with Gasteiger partial charge in [-0.05, 0) is 147 Å². The molecule has 14 nitrogen and oxygen atoms in total. The molecule has 2 amide bonds. The highest BCUT2D eigenvalue weighted by Crippen LogP contribution is 2.33. The first-order valence-corrected chi connectivity index (χ1v) is 20.8. The van der Waals surface area contributed by atoms with E-state index in [-0.39, 0.29) is 18.4 Å². The molecule has 0 fully saturated rings. The number of methoxy groups -OCH3 is 1. The number of carbonyl (C=O) groups is 4. The maximum atomic E-state index is 12.7. The summed E-state index contributed by atoms with van der Waals surface area (Å²) in [5, 5.41) is 15.3. The van der Waals surface area contributed by atoms with Gasteiger partial charge >= 0.3 is 11.9 Å². The smallest absolute Gasteiger partial charge is 0.343 e. The molecule has 0 aliphatic heterocycles. The number of ether oxygens (including phenoxy) is 3. The van der Waals surface area contributed by atoms with Crippen LogP contribution >= 0.6 is 23.2 Å². The number of amides is 2. The Morgan fingerprint density at radius 3 is 1.42 bits per heavy atom. The van der Waals surface area contributed by atoms with Gasteiger partial charge in [-0.2, -0.15) is 0 Å². The van der Waals surface area contributed by atoms with E-state index in [0.717, 1.165) is 28.1 Å². The van der Waals surface area contributed by atoms with Crippen molar-refractivity contribution in [2.24, 2.45) is 0 Å². The predicted molar refractivity (Wildman–Crippen MR) is 251 cm³/mol. The fraction of sp³-hybridized carbons (Fsp3) is 0.143. The number of hydrogen-bond acceptors (Lipinski definition) is 9. The molecule has 6 aromatic carbocycles.